The van der Waals surface area contributed by atoms with Crippen molar-refractivity contribution in [3.05, 3.63) is 101 Å². The highest BCUT2D eigenvalue weighted by molar-refractivity contribution is 6.06. The molecule has 1 amide bonds. The van der Waals surface area contributed by atoms with Crippen molar-refractivity contribution >= 4 is 29.2 Å². The maximum Gasteiger partial charge on any atom is 0.306 e. The van der Waals surface area contributed by atoms with Crippen molar-refractivity contribution in [3.8, 4) is 0 Å². The molecule has 0 radical (unpaired) electrons. The summed E-state index contributed by atoms with van der Waals surface area (Å²) in [6.07, 6.45) is -0.0497. The number of para-hydroxylation sites is 1. The lowest BCUT2D eigenvalue weighted by Crippen LogP contribution is -2.52. The van der Waals surface area contributed by atoms with Crippen LogP contribution in [0.5, 0.6) is 0 Å². The molecule has 0 aromatic heterocycles. The third kappa shape index (κ3) is 4.96. The predicted octanol–water partition coefficient (Wildman–Crippen LogP) is 2.50. The molecule has 2 atom stereocenters. The maximum absolute atomic E-state index is 13.9. The van der Waals surface area contributed by atoms with Crippen LogP contribution < -0.4 is 16.6 Å². The fourth-order valence-corrected chi connectivity index (χ4v) is 4.47. The fraction of sp³-hybridized carbons (Fsp3) is 0.185. The third-order valence-electron chi connectivity index (χ3n) is 6.31. The number of amidine groups is 1. The highest BCUT2D eigenvalue weighted by Gasteiger charge is 2.43. The molecule has 0 bridgehead atoms. The molecule has 4 rings (SSSR count). The van der Waals surface area contributed by atoms with Gasteiger partial charge in [-0.1, -0.05) is 72.8 Å². The van der Waals surface area contributed by atoms with E-state index < -0.39 is 30.4 Å². The molecule has 1 aliphatic heterocycles. The molecule has 3 aromatic rings. The number of hydrazine groups is 1. The molecule has 3 aromatic carbocycles. The number of nitrogens with zero attached hydrogens (tertiary/aromatic N) is 2. The molecule has 0 aliphatic carbocycles. The van der Waals surface area contributed by atoms with Gasteiger partial charge in [-0.3, -0.25) is 24.8 Å². The number of hydrogen-bond acceptors (Lipinski definition) is 6. The largest absolute Gasteiger partial charge is 0.481 e. The Morgan fingerprint density at radius 2 is 1.53 bits per heavy atom. The van der Waals surface area contributed by atoms with Gasteiger partial charge in [-0.15, -0.1) is 0 Å². The number of aliphatic carboxylic acids is 1. The zero-order valence-electron chi connectivity index (χ0n) is 19.5. The first-order valence-electron chi connectivity index (χ1n) is 11.5. The number of Topliss-reactive ketones (excluding diaryl/α,β-unsaturated/α-hetero) is 1. The van der Waals surface area contributed by atoms with Gasteiger partial charge in [0.15, 0.2) is 5.78 Å². The van der Waals surface area contributed by atoms with Crippen molar-refractivity contribution in [2.75, 3.05) is 11.6 Å². The van der Waals surface area contributed by atoms with Crippen LogP contribution in [0.15, 0.2) is 78.9 Å². The number of anilines is 1. The standard InChI is InChI=1S/C27H27N5O4/c28-26(29)19-12-10-18(11-13-19)25(35)24-20-8-4-5-9-21(20)32(30)22(16-23(33)34)27(36)31(24)15-14-17-6-2-1-3-7-17/h1-13,22,24H,14-16,30H2,(H3,28,29)(H,33,34). The van der Waals surface area contributed by atoms with Crippen LogP contribution in [-0.2, 0) is 16.0 Å². The molecular weight excluding hydrogens is 458 g/mol. The number of carboxylic acid groups (broad SMARTS) is 1. The van der Waals surface area contributed by atoms with E-state index in [1.807, 2.05) is 30.3 Å². The average molecular weight is 486 g/mol. The number of carbonyl (C=O) groups is 3. The maximum atomic E-state index is 13.9. The van der Waals surface area contributed by atoms with E-state index in [1.165, 1.54) is 4.90 Å². The first-order valence-corrected chi connectivity index (χ1v) is 11.5. The van der Waals surface area contributed by atoms with Crippen LogP contribution in [0.1, 0.15) is 39.5 Å². The van der Waals surface area contributed by atoms with Gasteiger partial charge in [-0.05, 0) is 18.1 Å². The van der Waals surface area contributed by atoms with E-state index in [0.717, 1.165) is 10.6 Å². The van der Waals surface area contributed by atoms with Crippen LogP contribution in [0.3, 0.4) is 0 Å². The lowest BCUT2D eigenvalue weighted by molar-refractivity contribution is -0.142. The summed E-state index contributed by atoms with van der Waals surface area (Å²) in [5.74, 6) is 4.15. The Morgan fingerprint density at radius 1 is 0.917 bits per heavy atom. The Kier molecular flexibility index (Phi) is 7.12. The zero-order chi connectivity index (χ0) is 25.8. The summed E-state index contributed by atoms with van der Waals surface area (Å²) in [5.41, 5.74) is 8.25. The number of carboxylic acids is 1. The fourth-order valence-electron chi connectivity index (χ4n) is 4.47. The number of hydrogen-bond donors (Lipinski definition) is 4. The molecule has 1 heterocycles. The van der Waals surface area contributed by atoms with Crippen LogP contribution in [-0.4, -0.2) is 46.1 Å². The molecule has 0 saturated heterocycles. The second-order valence-electron chi connectivity index (χ2n) is 8.60. The van der Waals surface area contributed by atoms with E-state index in [2.05, 4.69) is 0 Å². The van der Waals surface area contributed by atoms with Crippen LogP contribution in [0.4, 0.5) is 5.69 Å². The van der Waals surface area contributed by atoms with Gasteiger partial charge in [0.2, 0.25) is 5.91 Å². The van der Waals surface area contributed by atoms with Crippen LogP contribution in [0.2, 0.25) is 0 Å². The molecule has 6 N–H and O–H groups in total. The minimum atomic E-state index is -1.18. The van der Waals surface area contributed by atoms with Crippen molar-refractivity contribution in [2.45, 2.75) is 24.9 Å². The van der Waals surface area contributed by atoms with E-state index in [1.54, 1.807) is 48.5 Å². The normalized spacial score (nSPS) is 17.3. The van der Waals surface area contributed by atoms with Gasteiger partial charge < -0.3 is 15.7 Å². The molecule has 0 fully saturated rings. The molecule has 9 nitrogen and oxygen atoms in total. The average Bonchev–Trinajstić information content (AvgIpc) is 2.96. The molecular formula is C27H27N5O4. The first-order chi connectivity index (χ1) is 17.3. The van der Waals surface area contributed by atoms with Crippen LogP contribution in [0.25, 0.3) is 0 Å². The monoisotopic (exact) mass is 485 g/mol. The SMILES string of the molecule is N=C(N)c1ccc(C(=O)C2c3ccccc3N(N)C(CC(=O)O)C(=O)N2CCc2ccccc2)cc1. The smallest absolute Gasteiger partial charge is 0.306 e. The number of nitrogens with two attached hydrogens (primary N) is 2. The Labute approximate surface area is 208 Å². The van der Waals surface area contributed by atoms with Gasteiger partial charge in [0.05, 0.1) is 12.1 Å². The molecule has 184 valence electrons. The van der Waals surface area contributed by atoms with Gasteiger partial charge in [-0.25, -0.2) is 5.84 Å². The van der Waals surface area contributed by atoms with Crippen LogP contribution >= 0.6 is 0 Å². The Morgan fingerprint density at radius 3 is 2.17 bits per heavy atom. The number of carbonyl (C=O) groups excluding carboxylic acids is 2. The molecule has 2 unspecified atom stereocenters. The second kappa shape index (κ2) is 10.4. The summed E-state index contributed by atoms with van der Waals surface area (Å²) < 4.78 is 0. The van der Waals surface area contributed by atoms with E-state index in [9.17, 15) is 19.5 Å². The lowest BCUT2D eigenvalue weighted by Gasteiger charge is -2.31. The van der Waals surface area contributed by atoms with Crippen molar-refractivity contribution in [3.63, 3.8) is 0 Å². The Bertz CT molecular complexity index is 1290. The van der Waals surface area contributed by atoms with Gasteiger partial charge in [0.1, 0.15) is 17.9 Å². The molecule has 9 heteroatoms. The summed E-state index contributed by atoms with van der Waals surface area (Å²) >= 11 is 0. The van der Waals surface area contributed by atoms with Crippen molar-refractivity contribution in [1.82, 2.24) is 4.90 Å². The Hall–Kier alpha value is -4.50. The number of ketones is 1. The quantitative estimate of drug-likeness (QED) is 0.165. The van der Waals surface area contributed by atoms with Crippen molar-refractivity contribution < 1.29 is 19.5 Å². The van der Waals surface area contributed by atoms with E-state index in [0.29, 0.717) is 28.8 Å². The van der Waals surface area contributed by atoms with E-state index >= 15 is 0 Å². The highest BCUT2D eigenvalue weighted by atomic mass is 16.4. The number of nitrogens with one attached hydrogen (secondary N) is 1. The van der Waals surface area contributed by atoms with Crippen LogP contribution in [0, 0.1) is 5.41 Å². The van der Waals surface area contributed by atoms with E-state index in [-0.39, 0.29) is 18.2 Å². The molecule has 36 heavy (non-hydrogen) atoms. The zero-order valence-corrected chi connectivity index (χ0v) is 19.5. The minimum Gasteiger partial charge on any atom is -0.481 e. The van der Waals surface area contributed by atoms with Crippen molar-refractivity contribution in [1.29, 1.82) is 5.41 Å². The number of nitrogen functional groups attached to an aromatic ring is 1. The number of benzene rings is 3. The predicted molar refractivity (Wildman–Crippen MR) is 136 cm³/mol. The second-order valence-corrected chi connectivity index (χ2v) is 8.60. The number of amides is 1. The molecule has 0 saturated carbocycles. The number of fused-ring (bicyclic) bond motifs is 1. The van der Waals surface area contributed by atoms with Gasteiger partial charge in [0.25, 0.3) is 0 Å². The number of rotatable bonds is 8. The van der Waals surface area contributed by atoms with Crippen molar-refractivity contribution in [2.24, 2.45) is 11.6 Å². The summed E-state index contributed by atoms with van der Waals surface area (Å²) in [6, 6.07) is 20.5. The van der Waals surface area contributed by atoms with Gasteiger partial charge >= 0.3 is 5.97 Å². The summed E-state index contributed by atoms with van der Waals surface area (Å²) in [7, 11) is 0. The molecule has 1 aliphatic rings. The summed E-state index contributed by atoms with van der Waals surface area (Å²) in [5, 5.41) is 18.3. The minimum absolute atomic E-state index is 0.122. The molecule has 0 spiro atoms. The van der Waals surface area contributed by atoms with Gasteiger partial charge in [0, 0.05) is 23.2 Å². The highest BCUT2D eigenvalue weighted by Crippen LogP contribution is 2.37. The first kappa shape index (κ1) is 24.6. The summed E-state index contributed by atoms with van der Waals surface area (Å²) in [6.45, 7) is 0.184. The third-order valence-corrected chi connectivity index (χ3v) is 6.31. The summed E-state index contributed by atoms with van der Waals surface area (Å²) in [4.78, 5) is 40.8. The van der Waals surface area contributed by atoms with E-state index in [4.69, 9.17) is 17.0 Å². The van der Waals surface area contributed by atoms with Gasteiger partial charge in [-0.2, -0.15) is 0 Å². The Balaban J connectivity index is 1.82. The lowest BCUT2D eigenvalue weighted by atomic mass is 9.93. The topological polar surface area (TPSA) is 154 Å².